The van der Waals surface area contributed by atoms with E-state index in [1.165, 1.54) is 12.6 Å². The van der Waals surface area contributed by atoms with Crippen molar-refractivity contribution in [2.24, 2.45) is 5.92 Å². The largest absolute Gasteiger partial charge is 0.372 e. The minimum absolute atomic E-state index is 0.0128. The van der Waals surface area contributed by atoms with Crippen molar-refractivity contribution in [3.05, 3.63) is 18.1 Å². The third kappa shape index (κ3) is 2.72. The summed E-state index contributed by atoms with van der Waals surface area (Å²) in [6.07, 6.45) is 5.41. The molecule has 0 radical (unpaired) electrons. The van der Waals surface area contributed by atoms with Gasteiger partial charge in [-0.25, -0.2) is 4.98 Å². The van der Waals surface area contributed by atoms with Crippen molar-refractivity contribution in [3.63, 3.8) is 0 Å². The molecule has 1 aliphatic heterocycles. The van der Waals surface area contributed by atoms with Gasteiger partial charge in [0.25, 0.3) is 5.91 Å². The first-order chi connectivity index (χ1) is 8.20. The second kappa shape index (κ2) is 5.12. The number of likely N-dealkylation sites (tertiary alicyclic amines) is 1. The topological polar surface area (TPSA) is 58.1 Å². The zero-order valence-electron chi connectivity index (χ0n) is 10.3. The molecule has 2 heterocycles. The van der Waals surface area contributed by atoms with E-state index in [-0.39, 0.29) is 5.91 Å². The highest BCUT2D eigenvalue weighted by molar-refractivity contribution is 5.92. The third-order valence-corrected chi connectivity index (χ3v) is 3.05. The molecule has 5 heteroatoms. The summed E-state index contributed by atoms with van der Waals surface area (Å²) in [5, 5.41) is 2.89. The smallest absolute Gasteiger partial charge is 0.274 e. The standard InChI is InChI=1S/C12H18N4O/c1-9-4-3-5-16(8-9)12(17)10-6-14-7-11(13-2)15-10/h6-7,9H,3-5,8H2,1-2H3,(H,13,15). The second-order valence-corrected chi connectivity index (χ2v) is 4.54. The highest BCUT2D eigenvalue weighted by Crippen LogP contribution is 2.17. The lowest BCUT2D eigenvalue weighted by Crippen LogP contribution is -2.39. The quantitative estimate of drug-likeness (QED) is 0.840. The van der Waals surface area contributed by atoms with Crippen LogP contribution in [0.2, 0.25) is 0 Å². The maximum absolute atomic E-state index is 12.2. The van der Waals surface area contributed by atoms with Gasteiger partial charge in [-0.3, -0.25) is 9.78 Å². The molecule has 0 bridgehead atoms. The van der Waals surface area contributed by atoms with Crippen LogP contribution < -0.4 is 5.32 Å². The normalized spacial score (nSPS) is 20.1. The number of carbonyl (C=O) groups excluding carboxylic acids is 1. The van der Waals surface area contributed by atoms with Gasteiger partial charge in [-0.05, 0) is 18.8 Å². The molecule has 1 fully saturated rings. The van der Waals surface area contributed by atoms with Gasteiger partial charge in [0.15, 0.2) is 0 Å². The lowest BCUT2D eigenvalue weighted by atomic mass is 10.0. The number of rotatable bonds is 2. The lowest BCUT2D eigenvalue weighted by molar-refractivity contribution is 0.0676. The van der Waals surface area contributed by atoms with Crippen molar-refractivity contribution >= 4 is 11.7 Å². The molecule has 0 aromatic carbocycles. The highest BCUT2D eigenvalue weighted by atomic mass is 16.2. The van der Waals surface area contributed by atoms with E-state index >= 15 is 0 Å². The number of piperidine rings is 1. The summed E-state index contributed by atoms with van der Waals surface area (Å²) in [6, 6.07) is 0. The molecule has 1 N–H and O–H groups in total. The fourth-order valence-corrected chi connectivity index (χ4v) is 2.13. The number of nitrogens with zero attached hydrogens (tertiary/aromatic N) is 3. The monoisotopic (exact) mass is 234 g/mol. The average Bonchev–Trinajstić information content (AvgIpc) is 2.38. The Hall–Kier alpha value is -1.65. The zero-order chi connectivity index (χ0) is 12.3. The number of aromatic nitrogens is 2. The van der Waals surface area contributed by atoms with Crippen LogP contribution in [0.4, 0.5) is 5.82 Å². The van der Waals surface area contributed by atoms with E-state index in [9.17, 15) is 4.79 Å². The molecule has 0 aliphatic carbocycles. The Labute approximate surface area is 101 Å². The van der Waals surface area contributed by atoms with E-state index in [0.29, 0.717) is 17.4 Å². The minimum Gasteiger partial charge on any atom is -0.372 e. The van der Waals surface area contributed by atoms with Crippen molar-refractivity contribution in [2.75, 3.05) is 25.5 Å². The van der Waals surface area contributed by atoms with Crippen molar-refractivity contribution in [1.29, 1.82) is 0 Å². The van der Waals surface area contributed by atoms with Crippen LogP contribution >= 0.6 is 0 Å². The molecule has 1 aliphatic rings. The van der Waals surface area contributed by atoms with E-state index < -0.39 is 0 Å². The molecule has 1 aromatic rings. The third-order valence-electron chi connectivity index (χ3n) is 3.05. The molecule has 17 heavy (non-hydrogen) atoms. The lowest BCUT2D eigenvalue weighted by Gasteiger charge is -2.30. The second-order valence-electron chi connectivity index (χ2n) is 4.54. The summed E-state index contributed by atoms with van der Waals surface area (Å²) < 4.78 is 0. The van der Waals surface area contributed by atoms with Gasteiger partial charge in [0.2, 0.25) is 0 Å². The molecule has 1 unspecified atom stereocenters. The van der Waals surface area contributed by atoms with E-state index in [1.54, 1.807) is 13.2 Å². The van der Waals surface area contributed by atoms with Crippen LogP contribution in [-0.2, 0) is 0 Å². The van der Waals surface area contributed by atoms with Gasteiger partial charge in [0.05, 0.1) is 12.4 Å². The predicted molar refractivity (Wildman–Crippen MR) is 65.9 cm³/mol. The van der Waals surface area contributed by atoms with Crippen LogP contribution in [0.1, 0.15) is 30.3 Å². The predicted octanol–water partition coefficient (Wildman–Crippen LogP) is 1.39. The SMILES string of the molecule is CNc1cncc(C(=O)N2CCCC(C)C2)n1. The Morgan fingerprint density at radius 1 is 1.53 bits per heavy atom. The summed E-state index contributed by atoms with van der Waals surface area (Å²) in [6.45, 7) is 3.83. The van der Waals surface area contributed by atoms with Gasteiger partial charge in [-0.15, -0.1) is 0 Å². The summed E-state index contributed by atoms with van der Waals surface area (Å²) >= 11 is 0. The number of hydrogen-bond acceptors (Lipinski definition) is 4. The van der Waals surface area contributed by atoms with E-state index in [0.717, 1.165) is 19.5 Å². The van der Waals surface area contributed by atoms with Crippen LogP contribution in [0.25, 0.3) is 0 Å². The molecule has 0 spiro atoms. The van der Waals surface area contributed by atoms with Crippen molar-refractivity contribution in [1.82, 2.24) is 14.9 Å². The Bertz CT molecular complexity index is 407. The number of hydrogen-bond donors (Lipinski definition) is 1. The van der Waals surface area contributed by atoms with E-state index in [1.807, 2.05) is 4.90 Å². The maximum Gasteiger partial charge on any atom is 0.274 e. The molecule has 1 aromatic heterocycles. The number of nitrogens with one attached hydrogen (secondary N) is 1. The van der Waals surface area contributed by atoms with Crippen LogP contribution in [0.15, 0.2) is 12.4 Å². The van der Waals surface area contributed by atoms with Crippen molar-refractivity contribution in [2.45, 2.75) is 19.8 Å². The minimum atomic E-state index is -0.0128. The number of anilines is 1. The van der Waals surface area contributed by atoms with Crippen LogP contribution in [0.5, 0.6) is 0 Å². The molecule has 92 valence electrons. The molecule has 1 atom stereocenters. The molecule has 1 saturated heterocycles. The highest BCUT2D eigenvalue weighted by Gasteiger charge is 2.23. The first-order valence-corrected chi connectivity index (χ1v) is 5.99. The van der Waals surface area contributed by atoms with Crippen LogP contribution in [0.3, 0.4) is 0 Å². The first kappa shape index (κ1) is 11.8. The number of carbonyl (C=O) groups is 1. The van der Waals surface area contributed by atoms with Gasteiger partial charge in [0, 0.05) is 20.1 Å². The summed E-state index contributed by atoms with van der Waals surface area (Å²) in [5.74, 6) is 1.19. The summed E-state index contributed by atoms with van der Waals surface area (Å²) in [4.78, 5) is 22.3. The average molecular weight is 234 g/mol. The van der Waals surface area contributed by atoms with Gasteiger partial charge in [-0.1, -0.05) is 6.92 Å². The summed E-state index contributed by atoms with van der Waals surface area (Å²) in [5.41, 5.74) is 0.422. The van der Waals surface area contributed by atoms with E-state index in [2.05, 4.69) is 22.2 Å². The Morgan fingerprint density at radius 3 is 3.06 bits per heavy atom. The molecule has 1 amide bonds. The Kier molecular flexibility index (Phi) is 3.56. The fraction of sp³-hybridized carbons (Fsp3) is 0.583. The van der Waals surface area contributed by atoms with Gasteiger partial charge in [-0.2, -0.15) is 0 Å². The summed E-state index contributed by atoms with van der Waals surface area (Å²) in [7, 11) is 1.77. The van der Waals surface area contributed by atoms with Crippen molar-refractivity contribution < 1.29 is 4.79 Å². The molecular weight excluding hydrogens is 216 g/mol. The Morgan fingerprint density at radius 2 is 2.35 bits per heavy atom. The zero-order valence-corrected chi connectivity index (χ0v) is 10.3. The van der Waals surface area contributed by atoms with Crippen LogP contribution in [-0.4, -0.2) is 40.9 Å². The molecule has 2 rings (SSSR count). The fourth-order valence-electron chi connectivity index (χ4n) is 2.13. The van der Waals surface area contributed by atoms with Crippen molar-refractivity contribution in [3.8, 4) is 0 Å². The first-order valence-electron chi connectivity index (χ1n) is 5.99. The Balaban J connectivity index is 2.12. The maximum atomic E-state index is 12.2. The number of amides is 1. The molecular formula is C12H18N4O. The molecule has 5 nitrogen and oxygen atoms in total. The molecule has 0 saturated carbocycles. The van der Waals surface area contributed by atoms with Gasteiger partial charge >= 0.3 is 0 Å². The van der Waals surface area contributed by atoms with Crippen LogP contribution in [0, 0.1) is 5.92 Å². The van der Waals surface area contributed by atoms with E-state index in [4.69, 9.17) is 0 Å². The van der Waals surface area contributed by atoms with Gasteiger partial charge in [0.1, 0.15) is 11.5 Å². The van der Waals surface area contributed by atoms with Gasteiger partial charge < -0.3 is 10.2 Å².